The van der Waals surface area contributed by atoms with Gasteiger partial charge < -0.3 is 16.0 Å². The van der Waals surface area contributed by atoms with Crippen molar-refractivity contribution in [3.05, 3.63) is 81.2 Å². The average Bonchev–Trinajstić information content (AvgIpc) is 2.94. The maximum Gasteiger partial charge on any atom is 0.292 e. The lowest BCUT2D eigenvalue weighted by Crippen LogP contribution is -2.47. The number of rotatable bonds is 7. The Morgan fingerprint density at radius 3 is 2.14 bits per heavy atom. The fourth-order valence-electron chi connectivity index (χ4n) is 4.18. The largest absolute Gasteiger partial charge is 0.394 e. The number of fused-ring (bicyclic) bond motifs is 1. The molecule has 0 aromatic heterocycles. The van der Waals surface area contributed by atoms with E-state index in [1.807, 2.05) is 24.8 Å². The van der Waals surface area contributed by atoms with Crippen LogP contribution in [0.25, 0.3) is 0 Å². The number of nitrogens with one attached hydrogen (secondary N) is 1. The number of para-hydroxylation sites is 2. The van der Waals surface area contributed by atoms with Gasteiger partial charge in [-0.3, -0.25) is 24.6 Å². The van der Waals surface area contributed by atoms with E-state index in [1.54, 1.807) is 36.4 Å². The van der Waals surface area contributed by atoms with Crippen LogP contribution >= 0.6 is 0 Å². The highest BCUT2D eigenvalue weighted by atomic mass is 16.6. The molecule has 194 valence electrons. The van der Waals surface area contributed by atoms with Crippen LogP contribution in [0.4, 0.5) is 11.4 Å². The molecule has 2 aliphatic rings. The van der Waals surface area contributed by atoms with Crippen LogP contribution in [0.3, 0.4) is 0 Å². The van der Waals surface area contributed by atoms with Crippen LogP contribution < -0.4 is 21.8 Å². The maximum absolute atomic E-state index is 12.7. The van der Waals surface area contributed by atoms with Crippen LogP contribution in [0.1, 0.15) is 41.0 Å². The molecule has 0 radical (unpaired) electrons. The number of carbonyl (C=O) groups is 2. The van der Waals surface area contributed by atoms with Crippen LogP contribution in [-0.4, -0.2) is 65.9 Å². The Hall–Kier alpha value is -3.80. The number of nitro benzene ring substituents is 1. The van der Waals surface area contributed by atoms with Crippen LogP contribution in [0.2, 0.25) is 0 Å². The van der Waals surface area contributed by atoms with E-state index in [1.165, 1.54) is 6.07 Å². The number of anilines is 1. The minimum absolute atomic E-state index is 0.0354. The van der Waals surface area contributed by atoms with Gasteiger partial charge in [0.1, 0.15) is 17.1 Å². The molecule has 4 rings (SSSR count). The lowest BCUT2D eigenvalue weighted by Gasteiger charge is -2.35. The van der Waals surface area contributed by atoms with Crippen molar-refractivity contribution >= 4 is 22.9 Å². The normalized spacial score (nSPS) is 15.3. The zero-order valence-electron chi connectivity index (χ0n) is 20.8. The van der Waals surface area contributed by atoms with Gasteiger partial charge in [-0.2, -0.15) is 0 Å². The highest BCUT2D eigenvalue weighted by Gasteiger charge is 2.30. The Bertz CT molecular complexity index is 1100. The van der Waals surface area contributed by atoms with Gasteiger partial charge in [0, 0.05) is 49.9 Å². The Morgan fingerprint density at radius 2 is 1.53 bits per heavy atom. The second-order valence-electron chi connectivity index (χ2n) is 7.85. The fourth-order valence-corrected chi connectivity index (χ4v) is 4.18. The van der Waals surface area contributed by atoms with E-state index in [0.29, 0.717) is 36.4 Å². The van der Waals surface area contributed by atoms with Gasteiger partial charge in [0.2, 0.25) is 11.6 Å². The van der Waals surface area contributed by atoms with Crippen molar-refractivity contribution in [1.29, 1.82) is 0 Å². The van der Waals surface area contributed by atoms with E-state index in [4.69, 9.17) is 10.9 Å². The summed E-state index contributed by atoms with van der Waals surface area (Å²) in [5, 5.41) is 21.1. The van der Waals surface area contributed by atoms with Crippen molar-refractivity contribution in [3.8, 4) is 0 Å². The van der Waals surface area contributed by atoms with Crippen LogP contribution in [0.5, 0.6) is 0 Å². The highest BCUT2D eigenvalue weighted by molar-refractivity contribution is 6.26. The molecule has 0 amide bonds. The Labute approximate surface area is 210 Å². The zero-order chi connectivity index (χ0) is 26.7. The first kappa shape index (κ1) is 28.4. The lowest BCUT2D eigenvalue weighted by molar-refractivity contribution is -0.670. The molecule has 2 aromatic carbocycles. The number of hydrogen-bond donors (Lipinski definition) is 4. The summed E-state index contributed by atoms with van der Waals surface area (Å²) < 4.78 is 0. The first-order valence-electron chi connectivity index (χ1n) is 11.9. The number of Topliss-reactive ketones (excluding diaryl/α,β-unsaturated/α-hetero) is 2. The SMILES string of the molecule is CC.NC1=C(NCCCN2CCN(c3ccccc3[N+](=O)[O-])CC2)C(=O)c2ccccc2C1=O.[NH3+]O. The number of quaternary nitrogens is 1. The van der Waals surface area contributed by atoms with Crippen molar-refractivity contribution < 1.29 is 25.6 Å². The third-order valence-electron chi connectivity index (χ3n) is 5.90. The smallest absolute Gasteiger partial charge is 0.292 e. The van der Waals surface area contributed by atoms with E-state index >= 15 is 0 Å². The van der Waals surface area contributed by atoms with Gasteiger partial charge in [-0.15, -0.1) is 0 Å². The summed E-state index contributed by atoms with van der Waals surface area (Å²) in [5.74, 6) is 1.67. The predicted molar refractivity (Wildman–Crippen MR) is 137 cm³/mol. The van der Waals surface area contributed by atoms with Gasteiger partial charge in [0.15, 0.2) is 0 Å². The molecule has 7 N–H and O–H groups in total. The number of nitrogens with two attached hydrogens (primary N) is 1. The molecule has 11 nitrogen and oxygen atoms in total. The Morgan fingerprint density at radius 1 is 0.972 bits per heavy atom. The summed E-state index contributed by atoms with van der Waals surface area (Å²) in [4.78, 5) is 40.4. The van der Waals surface area contributed by atoms with Crippen molar-refractivity contribution in [2.75, 3.05) is 44.2 Å². The molecule has 0 unspecified atom stereocenters. The topological polar surface area (TPSA) is 170 Å². The molecule has 1 aliphatic carbocycles. The standard InChI is InChI=1S/C23H25N5O4.C2H6.H4NO/c24-20-21(23(30)17-7-2-1-6-16(17)22(20)29)25-10-5-11-26-12-14-27(15-13-26)18-8-3-4-9-19(18)28(31)32;2*1-2/h1-4,6-9,25H,5,10-15,24H2;1-2H3;2H,1H3/q;;+1. The number of piperazine rings is 1. The number of benzene rings is 2. The van der Waals surface area contributed by atoms with Gasteiger partial charge in [-0.1, -0.05) is 50.2 Å². The third-order valence-corrected chi connectivity index (χ3v) is 5.90. The summed E-state index contributed by atoms with van der Waals surface area (Å²) in [5.41, 5.74) is 7.58. The molecule has 0 bridgehead atoms. The average molecular weight is 500 g/mol. The molecular weight excluding hydrogens is 464 g/mol. The molecule has 1 saturated heterocycles. The number of ketones is 2. The molecule has 0 saturated carbocycles. The Balaban J connectivity index is 0.00000109. The second-order valence-corrected chi connectivity index (χ2v) is 7.85. The number of nitro groups is 1. The number of hydrogen-bond acceptors (Lipinski definition) is 9. The van der Waals surface area contributed by atoms with E-state index in [-0.39, 0.29) is 33.6 Å². The van der Waals surface area contributed by atoms with Gasteiger partial charge in [-0.05, 0) is 19.0 Å². The first-order valence-corrected chi connectivity index (χ1v) is 11.9. The Kier molecular flexibility index (Phi) is 11.0. The number of allylic oxidation sites excluding steroid dienone is 2. The van der Waals surface area contributed by atoms with Gasteiger partial charge in [0.25, 0.3) is 5.69 Å². The predicted octanol–water partition coefficient (Wildman–Crippen LogP) is 1.59. The van der Waals surface area contributed by atoms with Crippen molar-refractivity contribution in [1.82, 2.24) is 10.2 Å². The molecule has 0 atom stereocenters. The molecule has 36 heavy (non-hydrogen) atoms. The number of carbonyl (C=O) groups excluding carboxylic acids is 2. The fraction of sp³-hybridized carbons (Fsp3) is 0.360. The quantitative estimate of drug-likeness (QED) is 0.251. The third kappa shape index (κ3) is 6.45. The van der Waals surface area contributed by atoms with E-state index < -0.39 is 0 Å². The van der Waals surface area contributed by atoms with Crippen LogP contribution in [0, 0.1) is 10.1 Å². The summed E-state index contributed by atoms with van der Waals surface area (Å²) in [6.45, 7) is 8.33. The molecular formula is C25H35N6O5+. The molecule has 0 spiro atoms. The van der Waals surface area contributed by atoms with Gasteiger partial charge in [0.05, 0.1) is 4.92 Å². The summed E-state index contributed by atoms with van der Waals surface area (Å²) in [6, 6.07) is 13.5. The van der Waals surface area contributed by atoms with Crippen LogP contribution in [0.15, 0.2) is 59.9 Å². The molecule has 1 aliphatic heterocycles. The van der Waals surface area contributed by atoms with Crippen LogP contribution in [-0.2, 0) is 0 Å². The van der Waals surface area contributed by atoms with E-state index in [0.717, 1.165) is 26.1 Å². The summed E-state index contributed by atoms with van der Waals surface area (Å²) >= 11 is 0. The molecule has 1 fully saturated rings. The molecule has 2 aromatic rings. The molecule has 1 heterocycles. The molecule has 11 heteroatoms. The van der Waals surface area contributed by atoms with E-state index in [9.17, 15) is 19.7 Å². The second kappa shape index (κ2) is 13.9. The minimum atomic E-state index is -0.344. The van der Waals surface area contributed by atoms with Crippen molar-refractivity contribution in [2.24, 2.45) is 5.73 Å². The van der Waals surface area contributed by atoms with Crippen molar-refractivity contribution in [2.45, 2.75) is 20.3 Å². The van der Waals surface area contributed by atoms with Gasteiger partial charge in [-0.25, -0.2) is 11.1 Å². The summed E-state index contributed by atoms with van der Waals surface area (Å²) in [7, 11) is 0. The highest BCUT2D eigenvalue weighted by Crippen LogP contribution is 2.28. The first-order chi connectivity index (χ1) is 17.5. The lowest BCUT2D eigenvalue weighted by atomic mass is 9.90. The monoisotopic (exact) mass is 499 g/mol. The number of nitrogens with zero attached hydrogens (tertiary/aromatic N) is 3. The van der Waals surface area contributed by atoms with E-state index in [2.05, 4.69) is 16.1 Å². The zero-order valence-corrected chi connectivity index (χ0v) is 20.8. The minimum Gasteiger partial charge on any atom is -0.394 e. The van der Waals surface area contributed by atoms with Gasteiger partial charge >= 0.3 is 0 Å². The maximum atomic E-state index is 12.7. The van der Waals surface area contributed by atoms with Crippen molar-refractivity contribution in [3.63, 3.8) is 0 Å². The summed E-state index contributed by atoms with van der Waals surface area (Å²) in [6.07, 6.45) is 0.769.